The third-order valence-corrected chi connectivity index (χ3v) is 7.35. The summed E-state index contributed by atoms with van der Waals surface area (Å²) in [6, 6.07) is 14.0. The van der Waals surface area contributed by atoms with Gasteiger partial charge in [-0.1, -0.05) is 29.8 Å². The lowest BCUT2D eigenvalue weighted by Gasteiger charge is -2.34. The molecule has 11 heteroatoms. The SMILES string of the molecule is Cc1cccc(Cn2cnc3c(NCC4CCCO4)nc(N4CCN(C(=O)Nc5ccc(F)cc5)CC4)nc32)c1. The molecule has 0 saturated carbocycles. The molecule has 2 fully saturated rings. The topological polar surface area (TPSA) is 100 Å². The zero-order valence-corrected chi connectivity index (χ0v) is 22.5. The summed E-state index contributed by atoms with van der Waals surface area (Å²) in [5.74, 6) is 0.954. The Balaban J connectivity index is 1.21. The van der Waals surface area contributed by atoms with E-state index in [0.717, 1.165) is 30.6 Å². The van der Waals surface area contributed by atoms with Crippen molar-refractivity contribution >= 4 is 34.6 Å². The van der Waals surface area contributed by atoms with Crippen molar-refractivity contribution < 1.29 is 13.9 Å². The van der Waals surface area contributed by atoms with Crippen LogP contribution in [-0.4, -0.2) is 75.9 Å². The summed E-state index contributed by atoms with van der Waals surface area (Å²) in [6.07, 6.45) is 4.07. The monoisotopic (exact) mass is 544 g/mol. The highest BCUT2D eigenvalue weighted by Crippen LogP contribution is 2.25. The maximum atomic E-state index is 13.2. The van der Waals surface area contributed by atoms with Gasteiger partial charge in [0.1, 0.15) is 5.82 Å². The third kappa shape index (κ3) is 5.84. The summed E-state index contributed by atoms with van der Waals surface area (Å²) in [7, 11) is 0. The lowest BCUT2D eigenvalue weighted by atomic mass is 10.1. The van der Waals surface area contributed by atoms with E-state index in [1.807, 2.05) is 6.33 Å². The van der Waals surface area contributed by atoms with Gasteiger partial charge in [-0.2, -0.15) is 9.97 Å². The van der Waals surface area contributed by atoms with Crippen LogP contribution >= 0.6 is 0 Å². The lowest BCUT2D eigenvalue weighted by molar-refractivity contribution is 0.120. The predicted octanol–water partition coefficient (Wildman–Crippen LogP) is 4.27. The van der Waals surface area contributed by atoms with Crippen LogP contribution in [0.25, 0.3) is 11.2 Å². The molecule has 0 aliphatic carbocycles. The van der Waals surface area contributed by atoms with E-state index in [2.05, 4.69) is 56.3 Å². The van der Waals surface area contributed by atoms with Gasteiger partial charge in [0.2, 0.25) is 5.95 Å². The number of amides is 2. The molecule has 2 aliphatic heterocycles. The van der Waals surface area contributed by atoms with E-state index in [1.165, 1.54) is 23.3 Å². The first kappa shape index (κ1) is 26.0. The molecular formula is C29H33FN8O2. The molecule has 10 nitrogen and oxygen atoms in total. The van der Waals surface area contributed by atoms with Crippen LogP contribution < -0.4 is 15.5 Å². The first-order valence-electron chi connectivity index (χ1n) is 13.7. The summed E-state index contributed by atoms with van der Waals surface area (Å²) >= 11 is 0. The zero-order chi connectivity index (χ0) is 27.5. The molecule has 1 unspecified atom stereocenters. The largest absolute Gasteiger partial charge is 0.376 e. The second kappa shape index (κ2) is 11.5. The number of carbonyl (C=O) groups excluding carboxylic acids is 1. The van der Waals surface area contributed by atoms with E-state index < -0.39 is 0 Å². The van der Waals surface area contributed by atoms with Crippen molar-refractivity contribution in [3.8, 4) is 0 Å². The van der Waals surface area contributed by atoms with Crippen LogP contribution in [-0.2, 0) is 11.3 Å². The standard InChI is InChI=1S/C29H33FN8O2/c1-20-4-2-5-21(16-20)18-38-19-32-25-26(31-17-24-6-3-15-40-24)34-28(35-27(25)38)36-11-13-37(14-12-36)29(39)33-23-9-7-22(30)8-10-23/h2,4-5,7-10,16,19,24H,3,6,11-15,17-18H2,1H3,(H,33,39)(H,31,34,35). The normalized spacial score (nSPS) is 17.4. The molecule has 6 rings (SSSR count). The number of imidazole rings is 1. The van der Waals surface area contributed by atoms with E-state index in [0.29, 0.717) is 56.7 Å². The second-order valence-electron chi connectivity index (χ2n) is 10.3. The fourth-order valence-electron chi connectivity index (χ4n) is 5.18. The van der Waals surface area contributed by atoms with Crippen LogP contribution in [0.1, 0.15) is 24.0 Å². The predicted molar refractivity (Wildman–Crippen MR) is 152 cm³/mol. The summed E-state index contributed by atoms with van der Waals surface area (Å²) in [6.45, 7) is 6.37. The number of rotatable bonds is 7. The molecule has 0 bridgehead atoms. The van der Waals surface area contributed by atoms with Crippen LogP contribution in [0, 0.1) is 12.7 Å². The summed E-state index contributed by atoms with van der Waals surface area (Å²) in [5, 5.41) is 6.31. The van der Waals surface area contributed by atoms with Gasteiger partial charge >= 0.3 is 6.03 Å². The summed E-state index contributed by atoms with van der Waals surface area (Å²) in [5.41, 5.74) is 4.43. The van der Waals surface area contributed by atoms with Crippen LogP contribution in [0.3, 0.4) is 0 Å². The van der Waals surface area contributed by atoms with Crippen LogP contribution in [0.15, 0.2) is 54.9 Å². The van der Waals surface area contributed by atoms with E-state index in [1.54, 1.807) is 17.0 Å². The van der Waals surface area contributed by atoms with E-state index in [-0.39, 0.29) is 18.0 Å². The van der Waals surface area contributed by atoms with Crippen molar-refractivity contribution in [3.05, 3.63) is 71.8 Å². The quantitative estimate of drug-likeness (QED) is 0.359. The number of aromatic nitrogens is 4. The highest BCUT2D eigenvalue weighted by atomic mass is 19.1. The van der Waals surface area contributed by atoms with E-state index in [9.17, 15) is 9.18 Å². The fraction of sp³-hybridized carbons (Fsp3) is 0.379. The minimum atomic E-state index is -0.339. The first-order chi connectivity index (χ1) is 19.5. The number of piperazine rings is 1. The second-order valence-corrected chi connectivity index (χ2v) is 10.3. The number of carbonyl (C=O) groups is 1. The molecule has 0 radical (unpaired) electrons. The fourth-order valence-corrected chi connectivity index (χ4v) is 5.18. The van der Waals surface area contributed by atoms with Crippen molar-refractivity contribution in [1.29, 1.82) is 0 Å². The molecule has 2 saturated heterocycles. The molecular weight excluding hydrogens is 511 g/mol. The molecule has 2 amide bonds. The Morgan fingerprint density at radius 3 is 2.67 bits per heavy atom. The number of aryl methyl sites for hydroxylation is 1. The lowest BCUT2D eigenvalue weighted by Crippen LogP contribution is -2.50. The van der Waals surface area contributed by atoms with Crippen molar-refractivity contribution in [3.63, 3.8) is 0 Å². The molecule has 4 aromatic rings. The minimum absolute atomic E-state index is 0.158. The van der Waals surface area contributed by atoms with E-state index in [4.69, 9.17) is 14.7 Å². The molecule has 2 N–H and O–H groups in total. The molecule has 208 valence electrons. The summed E-state index contributed by atoms with van der Waals surface area (Å²) < 4.78 is 21.1. The Hall–Kier alpha value is -4.25. The molecule has 2 aliphatic rings. The molecule has 0 spiro atoms. The Bertz CT molecular complexity index is 1480. The van der Waals surface area contributed by atoms with Gasteiger partial charge < -0.3 is 29.7 Å². The van der Waals surface area contributed by atoms with Gasteiger partial charge in [0, 0.05) is 45.0 Å². The number of hydrogen-bond donors (Lipinski definition) is 2. The third-order valence-electron chi connectivity index (χ3n) is 7.35. The number of urea groups is 1. The van der Waals surface area contributed by atoms with Gasteiger partial charge in [0.05, 0.1) is 19.0 Å². The van der Waals surface area contributed by atoms with Crippen LogP contribution in [0.5, 0.6) is 0 Å². The van der Waals surface area contributed by atoms with Crippen molar-refractivity contribution in [2.45, 2.75) is 32.4 Å². The maximum Gasteiger partial charge on any atom is 0.321 e. The molecule has 4 heterocycles. The average Bonchev–Trinajstić information content (AvgIpc) is 3.63. The number of benzene rings is 2. The van der Waals surface area contributed by atoms with Crippen LogP contribution in [0.4, 0.5) is 26.6 Å². The molecule has 1 atom stereocenters. The number of nitrogens with one attached hydrogen (secondary N) is 2. The molecule has 2 aromatic heterocycles. The number of ether oxygens (including phenoxy) is 1. The van der Waals surface area contributed by atoms with Crippen molar-refractivity contribution in [1.82, 2.24) is 24.4 Å². The minimum Gasteiger partial charge on any atom is -0.376 e. The number of anilines is 3. The van der Waals surface area contributed by atoms with Gasteiger partial charge in [-0.05, 0) is 49.6 Å². The van der Waals surface area contributed by atoms with Crippen molar-refractivity contribution in [2.24, 2.45) is 0 Å². The number of halogens is 1. The first-order valence-corrected chi connectivity index (χ1v) is 13.7. The average molecular weight is 545 g/mol. The number of hydrogen-bond acceptors (Lipinski definition) is 7. The Morgan fingerprint density at radius 2 is 1.93 bits per heavy atom. The van der Waals surface area contributed by atoms with Crippen LogP contribution in [0.2, 0.25) is 0 Å². The Kier molecular flexibility index (Phi) is 7.45. The van der Waals surface area contributed by atoms with Gasteiger partial charge in [-0.15, -0.1) is 0 Å². The van der Waals surface area contributed by atoms with E-state index >= 15 is 0 Å². The Labute approximate surface area is 232 Å². The van der Waals surface area contributed by atoms with Crippen molar-refractivity contribution in [2.75, 3.05) is 54.9 Å². The molecule has 2 aromatic carbocycles. The smallest absolute Gasteiger partial charge is 0.321 e. The zero-order valence-electron chi connectivity index (χ0n) is 22.5. The van der Waals surface area contributed by atoms with Gasteiger partial charge in [0.25, 0.3) is 0 Å². The highest BCUT2D eigenvalue weighted by Gasteiger charge is 2.25. The van der Waals surface area contributed by atoms with Gasteiger partial charge in [0.15, 0.2) is 17.0 Å². The maximum absolute atomic E-state index is 13.2. The number of fused-ring (bicyclic) bond motifs is 1. The van der Waals surface area contributed by atoms with Gasteiger partial charge in [-0.25, -0.2) is 14.2 Å². The Morgan fingerprint density at radius 1 is 1.10 bits per heavy atom. The molecule has 40 heavy (non-hydrogen) atoms. The summed E-state index contributed by atoms with van der Waals surface area (Å²) in [4.78, 5) is 31.1. The number of nitrogens with zero attached hydrogens (tertiary/aromatic N) is 6. The highest BCUT2D eigenvalue weighted by molar-refractivity contribution is 5.89. The van der Waals surface area contributed by atoms with Gasteiger partial charge in [-0.3, -0.25) is 0 Å².